The molecule has 0 amide bonds. The van der Waals surface area contributed by atoms with Crippen LogP contribution in [0.15, 0.2) is 64.2 Å². The SMILES string of the molecule is Cc1ccc(NCCC(=O)OCC(=O)c2c(N)n(Cc3ccccc3)c(=O)n(C)c2=O)cc1. The van der Waals surface area contributed by atoms with Crippen LogP contribution in [-0.2, 0) is 23.1 Å². The summed E-state index contributed by atoms with van der Waals surface area (Å²) in [6.07, 6.45) is 0.0299. The normalized spacial score (nSPS) is 10.6. The first-order chi connectivity index (χ1) is 15.8. The first-order valence-corrected chi connectivity index (χ1v) is 10.4. The fourth-order valence-corrected chi connectivity index (χ4v) is 3.23. The number of ether oxygens (including phenoxy) is 1. The van der Waals surface area contributed by atoms with Gasteiger partial charge in [0.1, 0.15) is 11.4 Å². The lowest BCUT2D eigenvalue weighted by Crippen LogP contribution is -2.43. The third-order valence-electron chi connectivity index (χ3n) is 5.12. The average Bonchev–Trinajstić information content (AvgIpc) is 2.81. The number of rotatable bonds is 9. The van der Waals surface area contributed by atoms with Gasteiger partial charge in [0.2, 0.25) is 5.78 Å². The first-order valence-electron chi connectivity index (χ1n) is 10.4. The van der Waals surface area contributed by atoms with E-state index < -0.39 is 29.6 Å². The van der Waals surface area contributed by atoms with Crippen LogP contribution in [0.1, 0.15) is 27.9 Å². The van der Waals surface area contributed by atoms with E-state index in [1.807, 2.05) is 37.3 Å². The second-order valence-electron chi connectivity index (χ2n) is 7.61. The summed E-state index contributed by atoms with van der Waals surface area (Å²) in [5.41, 5.74) is 6.96. The van der Waals surface area contributed by atoms with E-state index >= 15 is 0 Å². The largest absolute Gasteiger partial charge is 0.457 e. The molecule has 9 heteroatoms. The number of ketones is 1. The van der Waals surface area contributed by atoms with Crippen molar-refractivity contribution in [1.82, 2.24) is 9.13 Å². The van der Waals surface area contributed by atoms with E-state index in [0.29, 0.717) is 6.54 Å². The van der Waals surface area contributed by atoms with Gasteiger partial charge < -0.3 is 15.8 Å². The molecule has 0 radical (unpaired) electrons. The van der Waals surface area contributed by atoms with Crippen LogP contribution in [0.3, 0.4) is 0 Å². The van der Waals surface area contributed by atoms with Gasteiger partial charge >= 0.3 is 11.7 Å². The highest BCUT2D eigenvalue weighted by Gasteiger charge is 2.22. The summed E-state index contributed by atoms with van der Waals surface area (Å²) in [7, 11) is 1.27. The quantitative estimate of drug-likeness (QED) is 0.375. The number of esters is 1. The fraction of sp³-hybridized carbons (Fsp3) is 0.250. The number of nitrogens with one attached hydrogen (secondary N) is 1. The third-order valence-corrected chi connectivity index (χ3v) is 5.12. The molecule has 0 unspecified atom stereocenters. The highest BCUT2D eigenvalue weighted by atomic mass is 16.5. The van der Waals surface area contributed by atoms with Crippen molar-refractivity contribution in [1.29, 1.82) is 0 Å². The molecule has 0 spiro atoms. The molecule has 1 aromatic heterocycles. The van der Waals surface area contributed by atoms with Crippen LogP contribution in [-0.4, -0.2) is 34.0 Å². The number of nitrogen functional groups attached to an aromatic ring is 1. The van der Waals surface area contributed by atoms with Gasteiger partial charge in [0.15, 0.2) is 6.61 Å². The number of anilines is 2. The van der Waals surface area contributed by atoms with Crippen molar-refractivity contribution in [2.24, 2.45) is 7.05 Å². The first kappa shape index (κ1) is 23.5. The van der Waals surface area contributed by atoms with E-state index in [4.69, 9.17) is 10.5 Å². The van der Waals surface area contributed by atoms with Gasteiger partial charge in [-0.1, -0.05) is 48.0 Å². The Balaban J connectivity index is 1.66. The number of aryl methyl sites for hydroxylation is 1. The Hall–Kier alpha value is -4.14. The molecule has 0 fully saturated rings. The Labute approximate surface area is 190 Å². The summed E-state index contributed by atoms with van der Waals surface area (Å²) >= 11 is 0. The highest BCUT2D eigenvalue weighted by Crippen LogP contribution is 2.11. The Morgan fingerprint density at radius 1 is 1.03 bits per heavy atom. The van der Waals surface area contributed by atoms with E-state index in [1.54, 1.807) is 24.3 Å². The molecule has 0 aliphatic heterocycles. The summed E-state index contributed by atoms with van der Waals surface area (Å²) in [6.45, 7) is 1.74. The molecule has 2 aromatic carbocycles. The van der Waals surface area contributed by atoms with E-state index in [1.165, 1.54) is 7.05 Å². The summed E-state index contributed by atoms with van der Waals surface area (Å²) in [6, 6.07) is 16.7. The van der Waals surface area contributed by atoms with Crippen LogP contribution in [0.4, 0.5) is 11.5 Å². The number of carbonyl (C=O) groups excluding carboxylic acids is 2. The Morgan fingerprint density at radius 3 is 2.36 bits per heavy atom. The minimum atomic E-state index is -0.830. The molecule has 0 saturated carbocycles. The van der Waals surface area contributed by atoms with Crippen molar-refractivity contribution < 1.29 is 14.3 Å². The standard InChI is InChI=1S/C24H26N4O5/c1-16-8-10-18(11-9-16)26-13-12-20(30)33-15-19(29)21-22(25)28(24(32)27(2)23(21)31)14-17-6-4-3-5-7-17/h3-11,26H,12-15,25H2,1-2H3. The molecule has 0 aliphatic rings. The number of hydrogen-bond donors (Lipinski definition) is 2. The topological polar surface area (TPSA) is 125 Å². The smallest absolute Gasteiger partial charge is 0.332 e. The predicted molar refractivity (Wildman–Crippen MR) is 125 cm³/mol. The van der Waals surface area contributed by atoms with Crippen LogP contribution < -0.4 is 22.3 Å². The van der Waals surface area contributed by atoms with Crippen molar-refractivity contribution in [3.63, 3.8) is 0 Å². The molecule has 1 heterocycles. The molecule has 3 rings (SSSR count). The van der Waals surface area contributed by atoms with Gasteiger partial charge in [-0.25, -0.2) is 4.79 Å². The number of benzene rings is 2. The fourth-order valence-electron chi connectivity index (χ4n) is 3.23. The summed E-state index contributed by atoms with van der Waals surface area (Å²) < 4.78 is 7.00. The van der Waals surface area contributed by atoms with Gasteiger partial charge in [-0.3, -0.25) is 23.5 Å². The maximum absolute atomic E-state index is 12.7. The van der Waals surface area contributed by atoms with E-state index in [0.717, 1.165) is 25.9 Å². The van der Waals surface area contributed by atoms with Crippen molar-refractivity contribution in [2.45, 2.75) is 19.9 Å². The third kappa shape index (κ3) is 5.76. The Morgan fingerprint density at radius 2 is 1.70 bits per heavy atom. The molecule has 3 N–H and O–H groups in total. The van der Waals surface area contributed by atoms with Crippen LogP contribution in [0.25, 0.3) is 0 Å². The Kier molecular flexibility index (Phi) is 7.45. The molecule has 0 aliphatic carbocycles. The summed E-state index contributed by atoms with van der Waals surface area (Å²) in [5.74, 6) is -1.63. The minimum Gasteiger partial charge on any atom is -0.457 e. The second kappa shape index (κ2) is 10.4. The molecule has 3 aromatic rings. The number of aromatic nitrogens is 2. The molecule has 0 saturated heterocycles. The molecule has 0 bridgehead atoms. The van der Waals surface area contributed by atoms with Crippen molar-refractivity contribution in [3.8, 4) is 0 Å². The van der Waals surface area contributed by atoms with E-state index in [2.05, 4.69) is 5.32 Å². The maximum Gasteiger partial charge on any atom is 0.332 e. The van der Waals surface area contributed by atoms with Gasteiger partial charge in [0, 0.05) is 19.3 Å². The zero-order valence-corrected chi connectivity index (χ0v) is 18.5. The molecular formula is C24H26N4O5. The number of hydrogen-bond acceptors (Lipinski definition) is 7. The summed E-state index contributed by atoms with van der Waals surface area (Å²) in [4.78, 5) is 49.8. The second-order valence-corrected chi connectivity index (χ2v) is 7.61. The summed E-state index contributed by atoms with van der Waals surface area (Å²) in [5, 5.41) is 3.09. The highest BCUT2D eigenvalue weighted by molar-refractivity contribution is 6.01. The minimum absolute atomic E-state index is 0.0299. The van der Waals surface area contributed by atoms with Gasteiger partial charge in [-0.2, -0.15) is 0 Å². The number of nitrogens with two attached hydrogens (primary N) is 1. The molecular weight excluding hydrogens is 424 g/mol. The van der Waals surface area contributed by atoms with Gasteiger partial charge in [0.05, 0.1) is 13.0 Å². The van der Waals surface area contributed by atoms with Crippen molar-refractivity contribution in [2.75, 3.05) is 24.2 Å². The monoisotopic (exact) mass is 450 g/mol. The zero-order chi connectivity index (χ0) is 24.0. The lowest BCUT2D eigenvalue weighted by atomic mass is 10.2. The van der Waals surface area contributed by atoms with Crippen molar-refractivity contribution >= 4 is 23.3 Å². The van der Waals surface area contributed by atoms with Crippen LogP contribution >= 0.6 is 0 Å². The number of Topliss-reactive ketones (excluding diaryl/α,β-unsaturated/α-hetero) is 1. The molecule has 33 heavy (non-hydrogen) atoms. The van der Waals surface area contributed by atoms with Crippen LogP contribution in [0.2, 0.25) is 0 Å². The van der Waals surface area contributed by atoms with E-state index in [9.17, 15) is 19.2 Å². The maximum atomic E-state index is 12.7. The predicted octanol–water partition coefficient (Wildman–Crippen LogP) is 1.71. The average molecular weight is 450 g/mol. The lowest BCUT2D eigenvalue weighted by molar-refractivity contribution is -0.142. The molecule has 0 atom stereocenters. The zero-order valence-electron chi connectivity index (χ0n) is 18.5. The van der Waals surface area contributed by atoms with Crippen LogP contribution in [0, 0.1) is 6.92 Å². The lowest BCUT2D eigenvalue weighted by Gasteiger charge is -2.15. The van der Waals surface area contributed by atoms with E-state index in [-0.39, 0.29) is 24.3 Å². The number of carbonyl (C=O) groups is 2. The van der Waals surface area contributed by atoms with Gasteiger partial charge in [0.25, 0.3) is 5.56 Å². The Bertz CT molecular complexity index is 1260. The molecule has 172 valence electrons. The van der Waals surface area contributed by atoms with Crippen molar-refractivity contribution in [3.05, 3.63) is 92.1 Å². The van der Waals surface area contributed by atoms with Gasteiger partial charge in [-0.05, 0) is 24.6 Å². The molecule has 9 nitrogen and oxygen atoms in total. The number of nitrogens with zero attached hydrogens (tertiary/aromatic N) is 2. The van der Waals surface area contributed by atoms with Gasteiger partial charge in [-0.15, -0.1) is 0 Å². The van der Waals surface area contributed by atoms with Crippen LogP contribution in [0.5, 0.6) is 0 Å².